The number of hydrogen-bond acceptors (Lipinski definition) is 3. The third-order valence-corrected chi connectivity index (χ3v) is 2.21. The SMILES string of the molecule is CN1CCCOC1=C1C=CC(=O)N=C1. The topological polar surface area (TPSA) is 41.9 Å². The van der Waals surface area contributed by atoms with Gasteiger partial charge in [-0.15, -0.1) is 0 Å². The van der Waals surface area contributed by atoms with Crippen LogP contribution in [-0.2, 0) is 9.53 Å². The Labute approximate surface area is 82.6 Å². The monoisotopic (exact) mass is 192 g/mol. The zero-order valence-corrected chi connectivity index (χ0v) is 8.06. The minimum atomic E-state index is -0.215. The molecule has 4 heteroatoms. The van der Waals surface area contributed by atoms with E-state index in [-0.39, 0.29) is 5.91 Å². The van der Waals surface area contributed by atoms with E-state index in [4.69, 9.17) is 4.74 Å². The zero-order valence-electron chi connectivity index (χ0n) is 8.06. The predicted molar refractivity (Wildman–Crippen MR) is 52.9 cm³/mol. The quantitative estimate of drug-likeness (QED) is 0.568. The summed E-state index contributed by atoms with van der Waals surface area (Å²) >= 11 is 0. The molecule has 0 unspecified atom stereocenters. The number of allylic oxidation sites excluding steroid dienone is 2. The Kier molecular flexibility index (Phi) is 2.35. The number of carbonyl (C=O) groups excluding carboxylic acids is 1. The van der Waals surface area contributed by atoms with Crippen LogP contribution < -0.4 is 0 Å². The van der Waals surface area contributed by atoms with Crippen LogP contribution in [0.5, 0.6) is 0 Å². The lowest BCUT2D eigenvalue weighted by Crippen LogP contribution is -2.29. The molecule has 1 fully saturated rings. The lowest BCUT2D eigenvalue weighted by molar-refractivity contribution is -0.113. The first-order valence-corrected chi connectivity index (χ1v) is 4.62. The second-order valence-corrected chi connectivity index (χ2v) is 3.31. The van der Waals surface area contributed by atoms with Crippen LogP contribution >= 0.6 is 0 Å². The molecule has 0 N–H and O–H groups in total. The summed E-state index contributed by atoms with van der Waals surface area (Å²) in [7, 11) is 1.97. The van der Waals surface area contributed by atoms with Crippen LogP contribution in [-0.4, -0.2) is 37.2 Å². The molecule has 2 aliphatic heterocycles. The molecule has 0 bridgehead atoms. The van der Waals surface area contributed by atoms with Gasteiger partial charge in [-0.1, -0.05) is 0 Å². The standard InChI is InChI=1S/C10H12N2O2/c1-12-5-2-6-14-10(12)8-3-4-9(13)11-7-8/h3-4,7H,2,5-6H2,1H3. The molecular formula is C10H12N2O2. The molecular weight excluding hydrogens is 180 g/mol. The molecule has 0 aromatic heterocycles. The average molecular weight is 192 g/mol. The van der Waals surface area contributed by atoms with Crippen molar-refractivity contribution in [1.82, 2.24) is 4.90 Å². The normalized spacial score (nSPS) is 26.6. The molecule has 74 valence electrons. The van der Waals surface area contributed by atoms with Gasteiger partial charge in [0.05, 0.1) is 12.2 Å². The molecule has 0 aromatic rings. The average Bonchev–Trinajstić information content (AvgIpc) is 2.20. The maximum Gasteiger partial charge on any atom is 0.269 e. The fourth-order valence-corrected chi connectivity index (χ4v) is 1.49. The second kappa shape index (κ2) is 3.65. The van der Waals surface area contributed by atoms with Gasteiger partial charge in [-0.05, 0) is 12.5 Å². The van der Waals surface area contributed by atoms with Crippen molar-refractivity contribution in [2.24, 2.45) is 4.99 Å². The van der Waals surface area contributed by atoms with Crippen LogP contribution in [0.1, 0.15) is 6.42 Å². The van der Waals surface area contributed by atoms with Crippen molar-refractivity contribution in [2.45, 2.75) is 6.42 Å². The van der Waals surface area contributed by atoms with E-state index in [1.807, 2.05) is 11.9 Å². The summed E-state index contributed by atoms with van der Waals surface area (Å²) in [6, 6.07) is 0. The van der Waals surface area contributed by atoms with Gasteiger partial charge in [0.2, 0.25) is 0 Å². The number of carbonyl (C=O) groups is 1. The first-order valence-electron chi connectivity index (χ1n) is 4.62. The van der Waals surface area contributed by atoms with Crippen LogP contribution in [0.3, 0.4) is 0 Å². The Balaban J connectivity index is 2.26. The third-order valence-electron chi connectivity index (χ3n) is 2.21. The Bertz CT molecular complexity index is 324. The number of amides is 1. The summed E-state index contributed by atoms with van der Waals surface area (Å²) in [5.41, 5.74) is 0.867. The first-order chi connectivity index (χ1) is 6.77. The lowest BCUT2D eigenvalue weighted by Gasteiger charge is -2.29. The number of hydrogen-bond donors (Lipinski definition) is 0. The van der Waals surface area contributed by atoms with Gasteiger partial charge in [-0.3, -0.25) is 4.79 Å². The molecule has 1 saturated heterocycles. The van der Waals surface area contributed by atoms with Gasteiger partial charge in [0, 0.05) is 25.9 Å². The van der Waals surface area contributed by atoms with Crippen LogP contribution in [0.2, 0.25) is 0 Å². The molecule has 2 aliphatic rings. The van der Waals surface area contributed by atoms with Crippen molar-refractivity contribution in [1.29, 1.82) is 0 Å². The van der Waals surface area contributed by atoms with Gasteiger partial charge in [0.15, 0.2) is 5.88 Å². The van der Waals surface area contributed by atoms with E-state index in [0.717, 1.165) is 31.0 Å². The van der Waals surface area contributed by atoms with Crippen LogP contribution in [0.4, 0.5) is 0 Å². The van der Waals surface area contributed by atoms with Crippen molar-refractivity contribution >= 4 is 12.1 Å². The molecule has 0 saturated carbocycles. The molecule has 4 nitrogen and oxygen atoms in total. The van der Waals surface area contributed by atoms with Gasteiger partial charge in [0.1, 0.15) is 0 Å². The Morgan fingerprint density at radius 1 is 1.50 bits per heavy atom. The van der Waals surface area contributed by atoms with E-state index >= 15 is 0 Å². The van der Waals surface area contributed by atoms with E-state index < -0.39 is 0 Å². The largest absolute Gasteiger partial charge is 0.479 e. The molecule has 2 heterocycles. The highest BCUT2D eigenvalue weighted by atomic mass is 16.5. The predicted octanol–water partition coefficient (Wildman–Crippen LogP) is 0.717. The maximum atomic E-state index is 10.8. The minimum Gasteiger partial charge on any atom is -0.479 e. The highest BCUT2D eigenvalue weighted by molar-refractivity contribution is 6.03. The molecule has 0 radical (unpaired) electrons. The summed E-state index contributed by atoms with van der Waals surface area (Å²) in [5.74, 6) is 0.594. The number of dihydropyridines is 1. The van der Waals surface area contributed by atoms with Crippen LogP contribution in [0.25, 0.3) is 0 Å². The van der Waals surface area contributed by atoms with Crippen molar-refractivity contribution in [3.8, 4) is 0 Å². The fourth-order valence-electron chi connectivity index (χ4n) is 1.49. The lowest BCUT2D eigenvalue weighted by atomic mass is 10.2. The highest BCUT2D eigenvalue weighted by Crippen LogP contribution is 2.17. The second-order valence-electron chi connectivity index (χ2n) is 3.31. The molecule has 1 amide bonds. The van der Waals surface area contributed by atoms with E-state index in [9.17, 15) is 4.79 Å². The molecule has 0 atom stereocenters. The minimum absolute atomic E-state index is 0.215. The number of aliphatic imine (C=N–C) groups is 1. The Morgan fingerprint density at radius 3 is 3.00 bits per heavy atom. The van der Waals surface area contributed by atoms with Gasteiger partial charge in [-0.2, -0.15) is 0 Å². The fraction of sp³-hybridized carbons (Fsp3) is 0.400. The van der Waals surface area contributed by atoms with E-state index in [1.54, 1.807) is 12.3 Å². The molecule has 0 spiro atoms. The molecule has 0 aliphatic carbocycles. The Morgan fingerprint density at radius 2 is 2.36 bits per heavy atom. The number of ether oxygens (including phenoxy) is 1. The molecule has 0 aromatic carbocycles. The summed E-state index contributed by atoms with van der Waals surface area (Å²) < 4.78 is 5.52. The maximum absolute atomic E-state index is 10.8. The molecule has 2 rings (SSSR count). The molecule has 14 heavy (non-hydrogen) atoms. The van der Waals surface area contributed by atoms with Crippen molar-refractivity contribution in [3.63, 3.8) is 0 Å². The van der Waals surface area contributed by atoms with Crippen LogP contribution in [0, 0.1) is 0 Å². The summed E-state index contributed by atoms with van der Waals surface area (Å²) in [6.45, 7) is 1.72. The van der Waals surface area contributed by atoms with Gasteiger partial charge in [0.25, 0.3) is 5.91 Å². The van der Waals surface area contributed by atoms with E-state index in [0.29, 0.717) is 0 Å². The summed E-state index contributed by atoms with van der Waals surface area (Å²) in [4.78, 5) is 16.5. The smallest absolute Gasteiger partial charge is 0.269 e. The Hall–Kier alpha value is -1.58. The van der Waals surface area contributed by atoms with Gasteiger partial charge in [-0.25, -0.2) is 4.99 Å². The van der Waals surface area contributed by atoms with Crippen molar-refractivity contribution < 1.29 is 9.53 Å². The summed E-state index contributed by atoms with van der Waals surface area (Å²) in [6.07, 6.45) is 5.78. The number of nitrogens with zero attached hydrogens (tertiary/aromatic N) is 2. The van der Waals surface area contributed by atoms with Crippen LogP contribution in [0.15, 0.2) is 28.6 Å². The highest BCUT2D eigenvalue weighted by Gasteiger charge is 2.16. The third kappa shape index (κ3) is 1.69. The van der Waals surface area contributed by atoms with Gasteiger partial charge >= 0.3 is 0 Å². The summed E-state index contributed by atoms with van der Waals surface area (Å²) in [5, 5.41) is 0. The van der Waals surface area contributed by atoms with Crippen molar-refractivity contribution in [2.75, 3.05) is 20.2 Å². The van der Waals surface area contributed by atoms with E-state index in [2.05, 4.69) is 4.99 Å². The van der Waals surface area contributed by atoms with E-state index in [1.165, 1.54) is 6.08 Å². The number of rotatable bonds is 0. The van der Waals surface area contributed by atoms with Gasteiger partial charge < -0.3 is 9.64 Å². The zero-order chi connectivity index (χ0) is 9.97. The first kappa shape index (κ1) is 8.99. The van der Waals surface area contributed by atoms with Crippen molar-refractivity contribution in [3.05, 3.63) is 23.6 Å².